The van der Waals surface area contributed by atoms with E-state index in [1.54, 1.807) is 12.1 Å². The van der Waals surface area contributed by atoms with Crippen molar-refractivity contribution < 1.29 is 8.60 Å². The normalized spacial score (nSPS) is 18.2. The number of rotatable bonds is 4. The van der Waals surface area contributed by atoms with Crippen LogP contribution in [0.3, 0.4) is 0 Å². The second-order valence-corrected chi connectivity index (χ2v) is 9.59. The van der Waals surface area contributed by atoms with Crippen molar-refractivity contribution in [2.75, 3.05) is 29.1 Å². The topological polar surface area (TPSA) is 81.9 Å². The van der Waals surface area contributed by atoms with Crippen molar-refractivity contribution in [1.82, 2.24) is 9.97 Å². The monoisotopic (exact) mass is 447 g/mol. The Hall–Kier alpha value is -3.31. The summed E-state index contributed by atoms with van der Waals surface area (Å²) >= 11 is 0. The Kier molecular flexibility index (Phi) is 5.58. The van der Waals surface area contributed by atoms with Gasteiger partial charge in [-0.1, -0.05) is 18.2 Å². The van der Waals surface area contributed by atoms with Crippen LogP contribution in [0, 0.1) is 17.1 Å². The molecule has 1 fully saturated rings. The van der Waals surface area contributed by atoms with E-state index in [1.807, 2.05) is 24.3 Å². The third-order valence-corrected chi connectivity index (χ3v) is 7.51. The quantitative estimate of drug-likeness (QED) is 0.643. The summed E-state index contributed by atoms with van der Waals surface area (Å²) in [4.78, 5) is 12.3. The second kappa shape index (κ2) is 8.67. The van der Waals surface area contributed by atoms with Gasteiger partial charge >= 0.3 is 0 Å². The standard InChI is InChI=1S/C24H22FN5OS/c25-19-2-1-3-20(14-19)27-23-22-21(10-13-32(22)31)28-24(29-23)30-11-8-18(9-12-30)17-6-4-16(15-26)5-7-17/h1-7,14,18H,8-13H2,(H,27,28,29). The average molecular weight is 448 g/mol. The summed E-state index contributed by atoms with van der Waals surface area (Å²) in [6, 6.07) is 16.2. The summed E-state index contributed by atoms with van der Waals surface area (Å²) in [6.07, 6.45) is 2.58. The maximum atomic E-state index is 13.7. The van der Waals surface area contributed by atoms with E-state index in [2.05, 4.69) is 16.3 Å². The Bertz CT molecular complexity index is 1220. The van der Waals surface area contributed by atoms with Crippen LogP contribution in [0.2, 0.25) is 0 Å². The van der Waals surface area contributed by atoms with Gasteiger partial charge in [0, 0.05) is 31.0 Å². The van der Waals surface area contributed by atoms with E-state index < -0.39 is 10.8 Å². The first-order chi connectivity index (χ1) is 15.6. The molecular weight excluding hydrogens is 425 g/mol. The van der Waals surface area contributed by atoms with E-state index in [-0.39, 0.29) is 5.82 Å². The largest absolute Gasteiger partial charge is 0.341 e. The number of benzene rings is 2. The van der Waals surface area contributed by atoms with Gasteiger partial charge in [0.25, 0.3) is 0 Å². The number of anilines is 3. The summed E-state index contributed by atoms with van der Waals surface area (Å²) < 4.78 is 26.2. The number of hydrogen-bond donors (Lipinski definition) is 1. The van der Waals surface area contributed by atoms with Crippen LogP contribution < -0.4 is 10.2 Å². The number of halogens is 1. The SMILES string of the molecule is N#Cc1ccc(C2CCN(c3nc4c(c(Nc5cccc(F)c5)n3)S(=O)CC4)CC2)cc1. The molecule has 3 heterocycles. The van der Waals surface area contributed by atoms with Gasteiger partial charge in [-0.15, -0.1) is 0 Å². The first-order valence-corrected chi connectivity index (χ1v) is 12.0. The molecule has 0 saturated carbocycles. The van der Waals surface area contributed by atoms with Gasteiger partial charge < -0.3 is 10.2 Å². The number of hydrogen-bond acceptors (Lipinski definition) is 6. The van der Waals surface area contributed by atoms with Crippen LogP contribution in [0.25, 0.3) is 0 Å². The van der Waals surface area contributed by atoms with Gasteiger partial charge in [0.15, 0.2) is 5.82 Å². The molecule has 0 aliphatic carbocycles. The van der Waals surface area contributed by atoms with E-state index in [9.17, 15) is 8.60 Å². The zero-order chi connectivity index (χ0) is 22.1. The predicted octanol–water partition coefficient (Wildman–Crippen LogP) is 4.28. The fourth-order valence-electron chi connectivity index (χ4n) is 4.36. The van der Waals surface area contributed by atoms with Crippen LogP contribution in [0.5, 0.6) is 0 Å². The fourth-order valence-corrected chi connectivity index (χ4v) is 5.66. The van der Waals surface area contributed by atoms with Gasteiger partial charge in [-0.05, 0) is 54.7 Å². The molecule has 32 heavy (non-hydrogen) atoms. The maximum Gasteiger partial charge on any atom is 0.227 e. The minimum absolute atomic E-state index is 0.341. The van der Waals surface area contributed by atoms with Crippen molar-refractivity contribution >= 4 is 28.3 Å². The summed E-state index contributed by atoms with van der Waals surface area (Å²) in [5.41, 5.74) is 3.30. The maximum absolute atomic E-state index is 13.7. The molecule has 0 radical (unpaired) electrons. The minimum Gasteiger partial charge on any atom is -0.341 e. The molecule has 1 saturated heterocycles. The van der Waals surface area contributed by atoms with Crippen LogP contribution in [0.15, 0.2) is 53.4 Å². The zero-order valence-electron chi connectivity index (χ0n) is 17.4. The van der Waals surface area contributed by atoms with Crippen molar-refractivity contribution in [3.05, 3.63) is 71.2 Å². The molecule has 2 aromatic carbocycles. The summed E-state index contributed by atoms with van der Waals surface area (Å²) in [5, 5.41) is 12.2. The molecule has 3 aromatic rings. The minimum atomic E-state index is -1.16. The lowest BCUT2D eigenvalue weighted by Crippen LogP contribution is -2.34. The third-order valence-electron chi connectivity index (χ3n) is 6.05. The van der Waals surface area contributed by atoms with Crippen molar-refractivity contribution in [3.63, 3.8) is 0 Å². The van der Waals surface area contributed by atoms with Crippen LogP contribution in [0.1, 0.15) is 35.6 Å². The first kappa shape index (κ1) is 20.6. The number of piperidine rings is 1. The summed E-state index contributed by atoms with van der Waals surface area (Å²) in [7, 11) is -1.16. The van der Waals surface area contributed by atoms with Gasteiger partial charge in [-0.2, -0.15) is 10.2 Å². The Balaban J connectivity index is 1.37. The van der Waals surface area contributed by atoms with E-state index in [4.69, 9.17) is 15.2 Å². The van der Waals surface area contributed by atoms with Gasteiger partial charge in [0.1, 0.15) is 10.7 Å². The molecular formula is C24H22FN5OS. The average Bonchev–Trinajstić information content (AvgIpc) is 3.20. The second-order valence-electron chi connectivity index (χ2n) is 8.08. The molecule has 2 aliphatic heterocycles. The van der Waals surface area contributed by atoms with Crippen molar-refractivity contribution in [2.24, 2.45) is 0 Å². The van der Waals surface area contributed by atoms with E-state index >= 15 is 0 Å². The lowest BCUT2D eigenvalue weighted by molar-refractivity contribution is 0.499. The number of aryl methyl sites for hydroxylation is 1. The van der Waals surface area contributed by atoms with Crippen LogP contribution in [-0.2, 0) is 17.2 Å². The van der Waals surface area contributed by atoms with Crippen molar-refractivity contribution in [3.8, 4) is 6.07 Å². The van der Waals surface area contributed by atoms with Gasteiger partial charge in [0.05, 0.1) is 28.1 Å². The lowest BCUT2D eigenvalue weighted by atomic mass is 9.89. The number of nitrogens with zero attached hydrogens (tertiary/aromatic N) is 4. The molecule has 1 atom stereocenters. The van der Waals surface area contributed by atoms with Crippen LogP contribution in [0.4, 0.5) is 21.8 Å². The van der Waals surface area contributed by atoms with E-state index in [0.717, 1.165) is 31.6 Å². The van der Waals surface area contributed by atoms with Crippen LogP contribution in [-0.4, -0.2) is 33.0 Å². The highest BCUT2D eigenvalue weighted by atomic mass is 32.2. The Morgan fingerprint density at radius 1 is 1.12 bits per heavy atom. The molecule has 0 amide bonds. The van der Waals surface area contributed by atoms with Gasteiger partial charge in [0.2, 0.25) is 5.95 Å². The van der Waals surface area contributed by atoms with E-state index in [1.165, 1.54) is 17.7 Å². The zero-order valence-corrected chi connectivity index (χ0v) is 18.2. The Labute approximate surface area is 188 Å². The highest BCUT2D eigenvalue weighted by Crippen LogP contribution is 2.34. The summed E-state index contributed by atoms with van der Waals surface area (Å²) in [6.45, 7) is 1.62. The molecule has 1 aromatic heterocycles. The highest BCUT2D eigenvalue weighted by Gasteiger charge is 2.29. The lowest BCUT2D eigenvalue weighted by Gasteiger charge is -2.32. The van der Waals surface area contributed by atoms with Crippen molar-refractivity contribution in [1.29, 1.82) is 5.26 Å². The molecule has 162 valence electrons. The molecule has 0 spiro atoms. The summed E-state index contributed by atoms with van der Waals surface area (Å²) in [5.74, 6) is 1.75. The van der Waals surface area contributed by atoms with Gasteiger partial charge in [-0.3, -0.25) is 4.21 Å². The highest BCUT2D eigenvalue weighted by molar-refractivity contribution is 7.85. The predicted molar refractivity (Wildman–Crippen MR) is 122 cm³/mol. The molecule has 0 bridgehead atoms. The molecule has 1 unspecified atom stereocenters. The third kappa shape index (κ3) is 4.08. The number of nitriles is 1. The smallest absolute Gasteiger partial charge is 0.227 e. The number of fused-ring (bicyclic) bond motifs is 1. The van der Waals surface area contributed by atoms with E-state index in [0.29, 0.717) is 46.0 Å². The van der Waals surface area contributed by atoms with Gasteiger partial charge in [-0.25, -0.2) is 9.37 Å². The molecule has 2 aliphatic rings. The van der Waals surface area contributed by atoms with Crippen molar-refractivity contribution in [2.45, 2.75) is 30.1 Å². The Morgan fingerprint density at radius 2 is 1.91 bits per heavy atom. The fraction of sp³-hybridized carbons (Fsp3) is 0.292. The molecule has 8 heteroatoms. The molecule has 1 N–H and O–H groups in total. The number of nitrogens with one attached hydrogen (secondary N) is 1. The molecule has 6 nitrogen and oxygen atoms in total. The Morgan fingerprint density at radius 3 is 2.62 bits per heavy atom. The van der Waals surface area contributed by atoms with Crippen LogP contribution >= 0.6 is 0 Å². The molecule has 5 rings (SSSR count). The number of aromatic nitrogens is 2. The first-order valence-electron chi connectivity index (χ1n) is 10.7.